The molecule has 24 heavy (non-hydrogen) atoms. The first-order chi connectivity index (χ1) is 11.7. The molecule has 1 saturated carbocycles. The summed E-state index contributed by atoms with van der Waals surface area (Å²) in [5.41, 5.74) is 1.14. The van der Waals surface area contributed by atoms with Gasteiger partial charge in [-0.3, -0.25) is 9.69 Å². The third kappa shape index (κ3) is 4.63. The third-order valence-corrected chi connectivity index (χ3v) is 4.97. The predicted octanol–water partition coefficient (Wildman–Crippen LogP) is 2.93. The summed E-state index contributed by atoms with van der Waals surface area (Å²) in [5, 5.41) is 3.12. The van der Waals surface area contributed by atoms with E-state index in [1.54, 1.807) is 0 Å². The zero-order valence-corrected chi connectivity index (χ0v) is 14.6. The highest BCUT2D eigenvalue weighted by atomic mass is 16.7. The minimum atomic E-state index is 0.128. The summed E-state index contributed by atoms with van der Waals surface area (Å²) in [6.07, 6.45) is 6.49. The van der Waals surface area contributed by atoms with Crippen molar-refractivity contribution in [2.75, 3.05) is 26.4 Å². The van der Waals surface area contributed by atoms with Crippen LogP contribution in [0.4, 0.5) is 0 Å². The molecule has 5 heteroatoms. The number of hydrogen-bond donors (Lipinski definition) is 1. The second kappa shape index (κ2) is 8.38. The number of hydrogen-bond acceptors (Lipinski definition) is 4. The molecule has 1 aliphatic carbocycles. The Morgan fingerprint density at radius 3 is 2.79 bits per heavy atom. The SMILES string of the molecule is CCN(CC(=O)NCC1CCCCC1)Cc1ccc2c(c1)OCO2. The summed E-state index contributed by atoms with van der Waals surface area (Å²) in [6.45, 7) is 5.23. The largest absolute Gasteiger partial charge is 0.454 e. The molecule has 1 amide bonds. The van der Waals surface area contributed by atoms with Gasteiger partial charge in [0, 0.05) is 13.1 Å². The Balaban J connectivity index is 1.46. The van der Waals surface area contributed by atoms with Gasteiger partial charge in [0.25, 0.3) is 0 Å². The van der Waals surface area contributed by atoms with E-state index in [-0.39, 0.29) is 5.91 Å². The normalized spacial score (nSPS) is 17.2. The van der Waals surface area contributed by atoms with Crippen LogP contribution in [0.3, 0.4) is 0 Å². The molecule has 2 aliphatic rings. The van der Waals surface area contributed by atoms with Gasteiger partial charge in [-0.15, -0.1) is 0 Å². The number of nitrogens with zero attached hydrogens (tertiary/aromatic N) is 1. The van der Waals surface area contributed by atoms with Crippen molar-refractivity contribution < 1.29 is 14.3 Å². The number of carbonyl (C=O) groups excluding carboxylic acids is 1. The molecule has 132 valence electrons. The molecule has 1 N–H and O–H groups in total. The van der Waals surface area contributed by atoms with Gasteiger partial charge in [0.1, 0.15) is 0 Å². The number of amides is 1. The minimum absolute atomic E-state index is 0.128. The number of likely N-dealkylation sites (N-methyl/N-ethyl adjacent to an activating group) is 1. The Morgan fingerprint density at radius 1 is 1.21 bits per heavy atom. The number of fused-ring (bicyclic) bond motifs is 1. The quantitative estimate of drug-likeness (QED) is 0.834. The van der Waals surface area contributed by atoms with Gasteiger partial charge in [-0.2, -0.15) is 0 Å². The summed E-state index contributed by atoms with van der Waals surface area (Å²) in [5.74, 6) is 2.40. The van der Waals surface area contributed by atoms with Crippen LogP contribution in [-0.2, 0) is 11.3 Å². The zero-order valence-electron chi connectivity index (χ0n) is 14.6. The monoisotopic (exact) mass is 332 g/mol. The molecular formula is C19H28N2O3. The number of carbonyl (C=O) groups is 1. The number of ether oxygens (including phenoxy) is 2. The highest BCUT2D eigenvalue weighted by molar-refractivity contribution is 5.78. The van der Waals surface area contributed by atoms with Crippen LogP contribution in [0.15, 0.2) is 18.2 Å². The molecule has 1 aromatic carbocycles. The smallest absolute Gasteiger partial charge is 0.234 e. The molecule has 0 spiro atoms. The fourth-order valence-electron chi connectivity index (χ4n) is 3.49. The summed E-state index contributed by atoms with van der Waals surface area (Å²) < 4.78 is 10.8. The molecule has 1 aromatic rings. The summed E-state index contributed by atoms with van der Waals surface area (Å²) in [7, 11) is 0. The van der Waals surface area contributed by atoms with E-state index in [1.807, 2.05) is 18.2 Å². The van der Waals surface area contributed by atoms with Crippen molar-refractivity contribution in [1.29, 1.82) is 0 Å². The summed E-state index contributed by atoms with van der Waals surface area (Å²) >= 11 is 0. The fraction of sp³-hybridized carbons (Fsp3) is 0.632. The van der Waals surface area contributed by atoms with Gasteiger partial charge < -0.3 is 14.8 Å². The van der Waals surface area contributed by atoms with E-state index < -0.39 is 0 Å². The lowest BCUT2D eigenvalue weighted by Gasteiger charge is -2.23. The second-order valence-corrected chi connectivity index (χ2v) is 6.80. The molecule has 5 nitrogen and oxygen atoms in total. The summed E-state index contributed by atoms with van der Waals surface area (Å²) in [6, 6.07) is 5.98. The topological polar surface area (TPSA) is 50.8 Å². The molecule has 1 heterocycles. The molecular weight excluding hydrogens is 304 g/mol. The van der Waals surface area contributed by atoms with Gasteiger partial charge in [-0.05, 0) is 43.0 Å². The van der Waals surface area contributed by atoms with Crippen molar-refractivity contribution in [3.8, 4) is 11.5 Å². The van der Waals surface area contributed by atoms with Crippen molar-refractivity contribution in [3.05, 3.63) is 23.8 Å². The van der Waals surface area contributed by atoms with E-state index in [9.17, 15) is 4.79 Å². The highest BCUT2D eigenvalue weighted by Crippen LogP contribution is 2.32. The first-order valence-electron chi connectivity index (χ1n) is 9.12. The maximum Gasteiger partial charge on any atom is 0.234 e. The van der Waals surface area contributed by atoms with E-state index in [1.165, 1.54) is 32.1 Å². The van der Waals surface area contributed by atoms with Crippen LogP contribution < -0.4 is 14.8 Å². The van der Waals surface area contributed by atoms with Crippen molar-refractivity contribution in [2.24, 2.45) is 5.92 Å². The lowest BCUT2D eigenvalue weighted by Crippen LogP contribution is -2.39. The Bertz CT molecular complexity index is 556. The Kier molecular flexibility index (Phi) is 5.96. The van der Waals surface area contributed by atoms with Crippen molar-refractivity contribution in [2.45, 2.75) is 45.6 Å². The molecule has 0 saturated heterocycles. The fourth-order valence-corrected chi connectivity index (χ4v) is 3.49. The highest BCUT2D eigenvalue weighted by Gasteiger charge is 2.17. The zero-order chi connectivity index (χ0) is 16.8. The molecule has 3 rings (SSSR count). The van der Waals surface area contributed by atoms with Crippen molar-refractivity contribution >= 4 is 5.91 Å². The standard InChI is InChI=1S/C19H28N2O3/c1-2-21(12-16-8-9-17-18(10-16)24-14-23-17)13-19(22)20-11-15-6-4-3-5-7-15/h8-10,15H,2-7,11-14H2,1H3,(H,20,22). The lowest BCUT2D eigenvalue weighted by molar-refractivity contribution is -0.122. The molecule has 1 fully saturated rings. The maximum absolute atomic E-state index is 12.2. The van der Waals surface area contributed by atoms with E-state index >= 15 is 0 Å². The van der Waals surface area contributed by atoms with Crippen LogP contribution in [0.5, 0.6) is 11.5 Å². The summed E-state index contributed by atoms with van der Waals surface area (Å²) in [4.78, 5) is 14.4. The first-order valence-corrected chi connectivity index (χ1v) is 9.12. The average Bonchev–Trinajstić information content (AvgIpc) is 3.08. The molecule has 0 atom stereocenters. The average molecular weight is 332 g/mol. The Morgan fingerprint density at radius 2 is 2.00 bits per heavy atom. The molecule has 0 radical (unpaired) electrons. The van der Waals surface area contributed by atoms with Crippen molar-refractivity contribution in [1.82, 2.24) is 10.2 Å². The Hall–Kier alpha value is -1.75. The van der Waals surface area contributed by atoms with Crippen LogP contribution in [0.1, 0.15) is 44.6 Å². The lowest BCUT2D eigenvalue weighted by atomic mass is 9.89. The van der Waals surface area contributed by atoms with E-state index in [0.29, 0.717) is 19.3 Å². The van der Waals surface area contributed by atoms with E-state index in [2.05, 4.69) is 17.1 Å². The Labute approximate surface area is 144 Å². The third-order valence-electron chi connectivity index (χ3n) is 4.97. The van der Waals surface area contributed by atoms with Gasteiger partial charge in [-0.25, -0.2) is 0 Å². The van der Waals surface area contributed by atoms with Gasteiger partial charge >= 0.3 is 0 Å². The number of benzene rings is 1. The van der Waals surface area contributed by atoms with Crippen LogP contribution in [-0.4, -0.2) is 37.2 Å². The van der Waals surface area contributed by atoms with Gasteiger partial charge in [0.2, 0.25) is 12.7 Å². The molecule has 0 unspecified atom stereocenters. The van der Waals surface area contributed by atoms with Crippen LogP contribution in [0.25, 0.3) is 0 Å². The first kappa shape index (κ1) is 17.1. The predicted molar refractivity (Wildman–Crippen MR) is 93.1 cm³/mol. The van der Waals surface area contributed by atoms with E-state index in [4.69, 9.17) is 9.47 Å². The van der Waals surface area contributed by atoms with Gasteiger partial charge in [0.05, 0.1) is 6.54 Å². The number of rotatable bonds is 7. The van der Waals surface area contributed by atoms with Gasteiger partial charge in [0.15, 0.2) is 11.5 Å². The second-order valence-electron chi connectivity index (χ2n) is 6.80. The van der Waals surface area contributed by atoms with Crippen LogP contribution in [0.2, 0.25) is 0 Å². The molecule has 1 aliphatic heterocycles. The van der Waals surface area contributed by atoms with E-state index in [0.717, 1.165) is 36.7 Å². The molecule has 0 bridgehead atoms. The minimum Gasteiger partial charge on any atom is -0.454 e. The van der Waals surface area contributed by atoms with Crippen LogP contribution >= 0.6 is 0 Å². The van der Waals surface area contributed by atoms with Crippen molar-refractivity contribution in [3.63, 3.8) is 0 Å². The van der Waals surface area contributed by atoms with Gasteiger partial charge in [-0.1, -0.05) is 32.3 Å². The van der Waals surface area contributed by atoms with Crippen LogP contribution in [0, 0.1) is 5.92 Å². The molecule has 0 aromatic heterocycles. The maximum atomic E-state index is 12.2. The number of nitrogens with one attached hydrogen (secondary N) is 1.